The van der Waals surface area contributed by atoms with E-state index in [9.17, 15) is 14.0 Å². The largest absolute Gasteiger partial charge is 0.340 e. The number of nitrogens with zero attached hydrogens (tertiary/aromatic N) is 3. The summed E-state index contributed by atoms with van der Waals surface area (Å²) < 4.78 is 13.7. The van der Waals surface area contributed by atoms with E-state index in [1.54, 1.807) is 17.0 Å². The van der Waals surface area contributed by atoms with Gasteiger partial charge in [-0.1, -0.05) is 35.9 Å². The fourth-order valence-corrected chi connectivity index (χ4v) is 4.34. The van der Waals surface area contributed by atoms with Crippen molar-refractivity contribution in [3.05, 3.63) is 65.5 Å². The number of benzene rings is 2. The minimum Gasteiger partial charge on any atom is -0.340 e. The first-order valence-electron chi connectivity index (χ1n) is 9.97. The highest BCUT2D eigenvalue weighted by Gasteiger charge is 2.48. The van der Waals surface area contributed by atoms with Crippen molar-refractivity contribution >= 4 is 17.5 Å². The van der Waals surface area contributed by atoms with Gasteiger partial charge in [0.25, 0.3) is 0 Å². The number of piperazine rings is 1. The maximum Gasteiger partial charge on any atom is 0.241 e. The first-order chi connectivity index (χ1) is 13.9. The Kier molecular flexibility index (Phi) is 5.13. The predicted molar refractivity (Wildman–Crippen MR) is 110 cm³/mol. The van der Waals surface area contributed by atoms with Gasteiger partial charge in [0.15, 0.2) is 0 Å². The zero-order chi connectivity index (χ0) is 20.6. The summed E-state index contributed by atoms with van der Waals surface area (Å²) in [5, 5.41) is 0. The Bertz CT molecular complexity index is 930. The van der Waals surface area contributed by atoms with Crippen LogP contribution in [0.5, 0.6) is 0 Å². The highest BCUT2D eigenvalue weighted by molar-refractivity contribution is 5.96. The number of hydrogen-bond acceptors (Lipinski definition) is 3. The van der Waals surface area contributed by atoms with Crippen LogP contribution >= 0.6 is 0 Å². The minimum absolute atomic E-state index is 0.0480. The van der Waals surface area contributed by atoms with Crippen molar-refractivity contribution in [3.63, 3.8) is 0 Å². The highest BCUT2D eigenvalue weighted by atomic mass is 19.1. The fourth-order valence-electron chi connectivity index (χ4n) is 4.34. The molecule has 4 rings (SSSR count). The third-order valence-electron chi connectivity index (χ3n) is 6.22. The summed E-state index contributed by atoms with van der Waals surface area (Å²) in [6.45, 7) is 3.99. The molecule has 152 valence electrons. The number of halogens is 1. The highest BCUT2D eigenvalue weighted by Crippen LogP contribution is 2.33. The fraction of sp³-hybridized carbons (Fsp3) is 0.391. The molecule has 0 saturated carbocycles. The van der Waals surface area contributed by atoms with E-state index in [-0.39, 0.29) is 29.7 Å². The third kappa shape index (κ3) is 3.90. The lowest BCUT2D eigenvalue weighted by Gasteiger charge is -2.46. The number of likely N-dealkylation sites (tertiary alicyclic amines) is 1. The lowest BCUT2D eigenvalue weighted by atomic mass is 9.92. The molecule has 6 heteroatoms. The second kappa shape index (κ2) is 7.59. The SMILES string of the molecule is Cc1ccc(CC(=O)N2CC[C@]3(C2)CN(c2cccc(F)c2)C(=O)CN3C)cc1. The Morgan fingerprint density at radius 2 is 1.90 bits per heavy atom. The molecule has 0 aliphatic carbocycles. The van der Waals surface area contributed by atoms with E-state index in [2.05, 4.69) is 4.90 Å². The number of likely N-dealkylation sites (N-methyl/N-ethyl adjacent to an activating group) is 1. The number of rotatable bonds is 3. The summed E-state index contributed by atoms with van der Waals surface area (Å²) in [6, 6.07) is 14.2. The summed E-state index contributed by atoms with van der Waals surface area (Å²) in [5.74, 6) is -0.300. The summed E-state index contributed by atoms with van der Waals surface area (Å²) in [7, 11) is 1.94. The summed E-state index contributed by atoms with van der Waals surface area (Å²) in [6.07, 6.45) is 1.18. The number of anilines is 1. The first kappa shape index (κ1) is 19.6. The third-order valence-corrected chi connectivity index (χ3v) is 6.22. The van der Waals surface area contributed by atoms with Crippen molar-refractivity contribution in [2.45, 2.75) is 25.3 Å². The Morgan fingerprint density at radius 1 is 1.14 bits per heavy atom. The van der Waals surface area contributed by atoms with E-state index in [0.29, 0.717) is 31.7 Å². The summed E-state index contributed by atoms with van der Waals surface area (Å²) >= 11 is 0. The quantitative estimate of drug-likeness (QED) is 0.803. The Morgan fingerprint density at radius 3 is 2.62 bits per heavy atom. The van der Waals surface area contributed by atoms with E-state index < -0.39 is 0 Å². The molecule has 0 aromatic heterocycles. The predicted octanol–water partition coefficient (Wildman–Crippen LogP) is 2.63. The molecule has 2 amide bonds. The number of hydrogen-bond donors (Lipinski definition) is 0. The van der Waals surface area contributed by atoms with Crippen LogP contribution in [0.25, 0.3) is 0 Å². The standard InChI is InChI=1S/C23H26FN3O2/c1-17-6-8-18(9-7-17)12-21(28)26-11-10-23(15-26)16-27(22(29)14-25(23)2)20-5-3-4-19(24)13-20/h3-9,13H,10-12,14-16H2,1-2H3/t23-/m0/s1. The maximum atomic E-state index is 13.7. The lowest BCUT2D eigenvalue weighted by molar-refractivity contribution is -0.130. The smallest absolute Gasteiger partial charge is 0.241 e. The average molecular weight is 395 g/mol. The van der Waals surface area contributed by atoms with Crippen molar-refractivity contribution < 1.29 is 14.0 Å². The molecule has 1 atom stereocenters. The van der Waals surface area contributed by atoms with Crippen LogP contribution in [0.3, 0.4) is 0 Å². The molecule has 0 bridgehead atoms. The van der Waals surface area contributed by atoms with Gasteiger partial charge in [0.1, 0.15) is 5.82 Å². The number of carbonyl (C=O) groups excluding carboxylic acids is 2. The molecular weight excluding hydrogens is 369 g/mol. The number of carbonyl (C=O) groups is 2. The van der Waals surface area contributed by atoms with E-state index in [1.807, 2.05) is 43.1 Å². The van der Waals surface area contributed by atoms with Crippen molar-refractivity contribution in [3.8, 4) is 0 Å². The van der Waals surface area contributed by atoms with Crippen LogP contribution in [0.1, 0.15) is 17.5 Å². The number of aryl methyl sites for hydroxylation is 1. The first-order valence-corrected chi connectivity index (χ1v) is 9.97. The minimum atomic E-state index is -0.357. The Labute approximate surface area is 170 Å². The average Bonchev–Trinajstić information content (AvgIpc) is 3.12. The zero-order valence-corrected chi connectivity index (χ0v) is 16.9. The van der Waals surface area contributed by atoms with E-state index in [0.717, 1.165) is 12.0 Å². The second-order valence-corrected chi connectivity index (χ2v) is 8.27. The topological polar surface area (TPSA) is 43.9 Å². The van der Waals surface area contributed by atoms with Gasteiger partial charge in [-0.05, 0) is 44.2 Å². The van der Waals surface area contributed by atoms with Crippen LogP contribution in [-0.4, -0.2) is 60.4 Å². The number of amides is 2. The lowest BCUT2D eigenvalue weighted by Crippen LogP contribution is -2.64. The van der Waals surface area contributed by atoms with E-state index in [4.69, 9.17) is 0 Å². The molecular formula is C23H26FN3O2. The van der Waals surface area contributed by atoms with Gasteiger partial charge in [-0.3, -0.25) is 14.5 Å². The molecule has 2 aromatic carbocycles. The van der Waals surface area contributed by atoms with Gasteiger partial charge in [0.2, 0.25) is 11.8 Å². The molecule has 0 unspecified atom stereocenters. The molecule has 2 heterocycles. The maximum absolute atomic E-state index is 13.7. The van der Waals surface area contributed by atoms with Crippen LogP contribution in [-0.2, 0) is 16.0 Å². The van der Waals surface area contributed by atoms with Crippen LogP contribution in [0.4, 0.5) is 10.1 Å². The Hall–Kier alpha value is -2.73. The van der Waals surface area contributed by atoms with Crippen LogP contribution in [0, 0.1) is 12.7 Å². The molecule has 0 N–H and O–H groups in total. The molecule has 5 nitrogen and oxygen atoms in total. The van der Waals surface area contributed by atoms with Crippen molar-refractivity contribution in [1.29, 1.82) is 0 Å². The zero-order valence-electron chi connectivity index (χ0n) is 16.9. The van der Waals surface area contributed by atoms with Crippen LogP contribution in [0.15, 0.2) is 48.5 Å². The summed E-state index contributed by atoms with van der Waals surface area (Å²) in [4.78, 5) is 31.1. The molecule has 2 aromatic rings. The molecule has 1 spiro atoms. The van der Waals surface area contributed by atoms with Gasteiger partial charge in [-0.25, -0.2) is 4.39 Å². The van der Waals surface area contributed by atoms with Gasteiger partial charge in [-0.15, -0.1) is 0 Å². The normalized spacial score (nSPS) is 22.5. The molecule has 2 fully saturated rings. The van der Waals surface area contributed by atoms with E-state index in [1.165, 1.54) is 17.7 Å². The van der Waals surface area contributed by atoms with Crippen LogP contribution in [0.2, 0.25) is 0 Å². The van der Waals surface area contributed by atoms with Crippen molar-refractivity contribution in [2.24, 2.45) is 0 Å². The van der Waals surface area contributed by atoms with Gasteiger partial charge < -0.3 is 9.80 Å². The van der Waals surface area contributed by atoms with Gasteiger partial charge in [0.05, 0.1) is 18.5 Å². The van der Waals surface area contributed by atoms with Crippen molar-refractivity contribution in [1.82, 2.24) is 9.80 Å². The van der Waals surface area contributed by atoms with Crippen LogP contribution < -0.4 is 4.90 Å². The molecule has 2 saturated heterocycles. The van der Waals surface area contributed by atoms with Crippen molar-refractivity contribution in [2.75, 3.05) is 38.1 Å². The van der Waals surface area contributed by atoms with Gasteiger partial charge in [0, 0.05) is 25.3 Å². The summed E-state index contributed by atoms with van der Waals surface area (Å²) in [5.41, 5.74) is 2.46. The molecule has 0 radical (unpaired) electrons. The Balaban J connectivity index is 1.49. The van der Waals surface area contributed by atoms with Gasteiger partial charge in [-0.2, -0.15) is 0 Å². The molecule has 2 aliphatic rings. The van der Waals surface area contributed by atoms with Gasteiger partial charge >= 0.3 is 0 Å². The second-order valence-electron chi connectivity index (χ2n) is 8.27. The molecule has 29 heavy (non-hydrogen) atoms. The monoisotopic (exact) mass is 395 g/mol. The molecule has 2 aliphatic heterocycles. The van der Waals surface area contributed by atoms with E-state index >= 15 is 0 Å².